The average molecular weight is 296 g/mol. The number of carboxylic acid groups (broad SMARTS) is 1. The van der Waals surface area contributed by atoms with Gasteiger partial charge in [-0.15, -0.1) is 0 Å². The number of aliphatic carboxylic acids is 1. The number of rotatable bonds is 6. The summed E-state index contributed by atoms with van der Waals surface area (Å²) in [7, 11) is 0. The minimum atomic E-state index is -0.703. The summed E-state index contributed by atoms with van der Waals surface area (Å²) < 4.78 is 0. The number of halogens is 1. The first-order valence-electron chi connectivity index (χ1n) is 7.37. The van der Waals surface area contributed by atoms with Crippen LogP contribution in [0.4, 0.5) is 0 Å². The molecule has 1 aromatic rings. The van der Waals surface area contributed by atoms with Crippen molar-refractivity contribution < 1.29 is 9.90 Å². The van der Waals surface area contributed by atoms with Gasteiger partial charge in [0.1, 0.15) is 6.04 Å². The molecule has 2 rings (SSSR count). The van der Waals surface area contributed by atoms with Gasteiger partial charge in [0.15, 0.2) is 0 Å². The summed E-state index contributed by atoms with van der Waals surface area (Å²) >= 11 is 6.09. The van der Waals surface area contributed by atoms with Crippen LogP contribution in [0.2, 0.25) is 5.02 Å². The maximum atomic E-state index is 11.4. The van der Waals surface area contributed by atoms with Crippen LogP contribution in [0.1, 0.15) is 50.6 Å². The van der Waals surface area contributed by atoms with Crippen molar-refractivity contribution in [3.05, 3.63) is 34.9 Å². The number of hydrogen-bond donors (Lipinski definition) is 1. The van der Waals surface area contributed by atoms with E-state index in [2.05, 4.69) is 17.9 Å². The highest BCUT2D eigenvalue weighted by Gasteiger charge is 2.35. The Bertz CT molecular complexity index is 464. The van der Waals surface area contributed by atoms with E-state index in [1.807, 2.05) is 18.2 Å². The van der Waals surface area contributed by atoms with Crippen molar-refractivity contribution in [3.63, 3.8) is 0 Å². The van der Waals surface area contributed by atoms with Crippen LogP contribution >= 0.6 is 11.6 Å². The molecule has 0 aliphatic carbocycles. The molecule has 0 saturated carbocycles. The molecule has 0 bridgehead atoms. The summed E-state index contributed by atoms with van der Waals surface area (Å²) in [5, 5.41) is 10.1. The number of carbonyl (C=O) groups is 1. The fourth-order valence-corrected chi connectivity index (χ4v) is 3.26. The van der Waals surface area contributed by atoms with E-state index in [0.29, 0.717) is 0 Å². The zero-order valence-corrected chi connectivity index (χ0v) is 12.6. The highest BCUT2D eigenvalue weighted by molar-refractivity contribution is 6.30. The molecular formula is C16H22ClNO2. The van der Waals surface area contributed by atoms with E-state index in [1.54, 1.807) is 0 Å². The predicted octanol–water partition coefficient (Wildman–Crippen LogP) is 4.12. The minimum absolute atomic E-state index is 0.164. The first-order chi connectivity index (χ1) is 9.63. The van der Waals surface area contributed by atoms with E-state index >= 15 is 0 Å². The van der Waals surface area contributed by atoms with Crippen LogP contribution in [0.15, 0.2) is 24.3 Å². The second-order valence-corrected chi connectivity index (χ2v) is 5.88. The molecule has 2 unspecified atom stereocenters. The fraction of sp³-hybridized carbons (Fsp3) is 0.562. The van der Waals surface area contributed by atoms with Gasteiger partial charge in [0.05, 0.1) is 0 Å². The van der Waals surface area contributed by atoms with Crippen LogP contribution in [0.25, 0.3) is 0 Å². The Morgan fingerprint density at radius 1 is 1.55 bits per heavy atom. The van der Waals surface area contributed by atoms with Gasteiger partial charge in [0.2, 0.25) is 0 Å². The number of nitrogens with zero attached hydrogens (tertiary/aromatic N) is 1. The molecule has 0 amide bonds. The summed E-state index contributed by atoms with van der Waals surface area (Å²) in [6.07, 6.45) is 4.90. The predicted molar refractivity (Wildman–Crippen MR) is 81.1 cm³/mol. The van der Waals surface area contributed by atoms with Crippen molar-refractivity contribution in [2.45, 2.75) is 51.1 Å². The third-order valence-corrected chi connectivity index (χ3v) is 4.28. The van der Waals surface area contributed by atoms with Gasteiger partial charge < -0.3 is 5.11 Å². The average Bonchev–Trinajstić information content (AvgIpc) is 2.89. The second-order valence-electron chi connectivity index (χ2n) is 5.45. The van der Waals surface area contributed by atoms with Gasteiger partial charge in [-0.1, -0.05) is 43.5 Å². The molecule has 1 aliphatic heterocycles. The lowest BCUT2D eigenvalue weighted by atomic mass is 9.98. The number of unbranched alkanes of at least 4 members (excludes halogenated alkanes) is 1. The summed E-state index contributed by atoms with van der Waals surface area (Å²) in [6, 6.07) is 7.65. The Morgan fingerprint density at radius 2 is 2.35 bits per heavy atom. The molecule has 1 aliphatic rings. The number of likely N-dealkylation sites (tertiary alicyclic amines) is 1. The van der Waals surface area contributed by atoms with Crippen molar-refractivity contribution >= 4 is 17.6 Å². The Morgan fingerprint density at radius 3 is 3.00 bits per heavy atom. The van der Waals surface area contributed by atoms with Crippen LogP contribution in [0, 0.1) is 0 Å². The molecule has 0 aromatic heterocycles. The molecule has 1 aromatic carbocycles. The molecule has 3 nitrogen and oxygen atoms in total. The lowest BCUT2D eigenvalue weighted by molar-refractivity contribution is -0.143. The van der Waals surface area contributed by atoms with Crippen LogP contribution in [0.5, 0.6) is 0 Å². The van der Waals surface area contributed by atoms with Gasteiger partial charge in [0.25, 0.3) is 0 Å². The number of carboxylic acids is 1. The number of benzene rings is 1. The molecule has 1 fully saturated rings. The van der Waals surface area contributed by atoms with Crippen molar-refractivity contribution in [2.24, 2.45) is 0 Å². The van der Waals surface area contributed by atoms with Crippen molar-refractivity contribution in [1.29, 1.82) is 0 Å². The first kappa shape index (κ1) is 15.3. The van der Waals surface area contributed by atoms with E-state index < -0.39 is 5.97 Å². The first-order valence-corrected chi connectivity index (χ1v) is 7.75. The monoisotopic (exact) mass is 295 g/mol. The third kappa shape index (κ3) is 3.53. The van der Waals surface area contributed by atoms with Crippen molar-refractivity contribution in [3.8, 4) is 0 Å². The Kier molecular flexibility index (Phi) is 5.44. The van der Waals surface area contributed by atoms with Gasteiger partial charge in [-0.3, -0.25) is 9.69 Å². The quantitative estimate of drug-likeness (QED) is 0.858. The summed E-state index contributed by atoms with van der Waals surface area (Å²) in [4.78, 5) is 13.6. The summed E-state index contributed by atoms with van der Waals surface area (Å²) in [5.41, 5.74) is 1.14. The van der Waals surface area contributed by atoms with Gasteiger partial charge >= 0.3 is 5.97 Å². The topological polar surface area (TPSA) is 40.5 Å². The summed E-state index contributed by atoms with van der Waals surface area (Å²) in [5.74, 6) is -0.703. The largest absolute Gasteiger partial charge is 0.480 e. The molecule has 4 heteroatoms. The van der Waals surface area contributed by atoms with Gasteiger partial charge in [-0.2, -0.15) is 0 Å². The molecule has 1 N–H and O–H groups in total. The molecule has 1 saturated heterocycles. The maximum absolute atomic E-state index is 11.4. The van der Waals surface area contributed by atoms with E-state index in [0.717, 1.165) is 49.2 Å². The van der Waals surface area contributed by atoms with E-state index in [9.17, 15) is 9.90 Å². The Hall–Kier alpha value is -1.06. The zero-order chi connectivity index (χ0) is 14.5. The molecule has 0 spiro atoms. The van der Waals surface area contributed by atoms with Crippen molar-refractivity contribution in [1.82, 2.24) is 4.90 Å². The van der Waals surface area contributed by atoms with Crippen LogP contribution < -0.4 is 0 Å². The highest BCUT2D eigenvalue weighted by atomic mass is 35.5. The normalized spacial score (nSPS) is 21.0. The molecule has 110 valence electrons. The highest BCUT2D eigenvalue weighted by Crippen LogP contribution is 2.34. The van der Waals surface area contributed by atoms with E-state index in [-0.39, 0.29) is 12.1 Å². The smallest absolute Gasteiger partial charge is 0.320 e. The Balaban J connectivity index is 2.25. The second kappa shape index (κ2) is 7.09. The molecule has 20 heavy (non-hydrogen) atoms. The van der Waals surface area contributed by atoms with E-state index in [4.69, 9.17) is 11.6 Å². The molecule has 1 heterocycles. The van der Waals surface area contributed by atoms with E-state index in [1.165, 1.54) is 0 Å². The SMILES string of the molecule is CCCCC(c1cccc(Cl)c1)N1CCCC1C(=O)O. The minimum Gasteiger partial charge on any atom is -0.480 e. The van der Waals surface area contributed by atoms with Crippen LogP contribution in [-0.4, -0.2) is 28.6 Å². The lowest BCUT2D eigenvalue weighted by Crippen LogP contribution is -2.38. The van der Waals surface area contributed by atoms with Gasteiger partial charge in [0, 0.05) is 11.1 Å². The van der Waals surface area contributed by atoms with Crippen molar-refractivity contribution in [2.75, 3.05) is 6.54 Å². The molecular weight excluding hydrogens is 274 g/mol. The Labute approximate surface area is 125 Å². The molecule has 0 radical (unpaired) electrons. The zero-order valence-electron chi connectivity index (χ0n) is 11.9. The maximum Gasteiger partial charge on any atom is 0.320 e. The lowest BCUT2D eigenvalue weighted by Gasteiger charge is -2.31. The van der Waals surface area contributed by atoms with Gasteiger partial charge in [-0.25, -0.2) is 0 Å². The fourth-order valence-electron chi connectivity index (χ4n) is 3.06. The van der Waals surface area contributed by atoms with Crippen LogP contribution in [-0.2, 0) is 4.79 Å². The van der Waals surface area contributed by atoms with Gasteiger partial charge in [-0.05, 0) is 43.5 Å². The summed E-state index contributed by atoms with van der Waals surface area (Å²) in [6.45, 7) is 3.02. The molecule has 2 atom stereocenters. The number of hydrogen-bond acceptors (Lipinski definition) is 2. The van der Waals surface area contributed by atoms with Crippen LogP contribution in [0.3, 0.4) is 0 Å². The standard InChI is InChI=1S/C16H22ClNO2/c1-2-3-8-14(12-6-4-7-13(17)11-12)18-10-5-9-15(18)16(19)20/h4,6-7,11,14-15H,2-3,5,8-10H2,1H3,(H,19,20). The third-order valence-electron chi connectivity index (χ3n) is 4.04.